The number of rotatable bonds is 21. The van der Waals surface area contributed by atoms with Gasteiger partial charge in [0.25, 0.3) is 0 Å². The summed E-state index contributed by atoms with van der Waals surface area (Å²) in [6.07, 6.45) is 7.95. The largest absolute Gasteiger partial charge is 0.490 e. The van der Waals surface area contributed by atoms with Crippen molar-refractivity contribution in [3.05, 3.63) is 345 Å². The van der Waals surface area contributed by atoms with Crippen molar-refractivity contribution in [1.29, 1.82) is 0 Å². The van der Waals surface area contributed by atoms with Gasteiger partial charge in [0.05, 0.1) is 0 Å². The minimum atomic E-state index is 0.524. The molecule has 13 rings (SSSR count). The van der Waals surface area contributed by atoms with Crippen LogP contribution in [0.2, 0.25) is 0 Å². The van der Waals surface area contributed by atoms with Crippen LogP contribution in [-0.2, 0) is 0 Å². The van der Waals surface area contributed by atoms with E-state index in [9.17, 15) is 0 Å². The molecule has 0 saturated carbocycles. The number of ether oxygens (including phenoxy) is 2. The molecular weight excluding hydrogens is 1690 g/mol. The fraction of sp³-hybridized carbons (Fsp3) is 0.290. The van der Waals surface area contributed by atoms with Crippen molar-refractivity contribution in [2.45, 2.75) is 264 Å². The molecule has 0 saturated heterocycles. The van der Waals surface area contributed by atoms with Gasteiger partial charge in [-0.05, 0) is 429 Å². The molecule has 622 valence electrons. The van der Waals surface area contributed by atoms with Crippen LogP contribution >= 0.6 is 122 Å². The van der Waals surface area contributed by atoms with E-state index in [-0.39, 0.29) is 0 Å². The molecule has 0 aromatic heterocycles. The number of allylic oxidation sites excluding steroid dienone is 2. The highest BCUT2D eigenvalue weighted by Crippen LogP contribution is 2.53. The monoisotopic (exact) mass is 1800 g/mol. The molecule has 0 fully saturated rings. The molecule has 11 aromatic carbocycles. The van der Waals surface area contributed by atoms with Crippen LogP contribution in [0.15, 0.2) is 290 Å². The zero-order valence-electron chi connectivity index (χ0n) is 75.0. The van der Waals surface area contributed by atoms with Crippen molar-refractivity contribution in [2.24, 2.45) is 0 Å². The summed E-state index contributed by atoms with van der Waals surface area (Å²) in [5.41, 5.74) is 35.0. The van der Waals surface area contributed by atoms with E-state index in [1.807, 2.05) is 88.4 Å². The van der Waals surface area contributed by atoms with Gasteiger partial charge in [0.1, 0.15) is 24.7 Å². The number of halogens is 1. The molecule has 0 N–H and O–H groups in total. The molecule has 119 heavy (non-hydrogen) atoms. The van der Waals surface area contributed by atoms with Crippen LogP contribution in [0.5, 0.6) is 11.5 Å². The summed E-state index contributed by atoms with van der Waals surface area (Å²) < 4.78 is 12.6. The van der Waals surface area contributed by atoms with Gasteiger partial charge in [-0.3, -0.25) is 0 Å². The lowest BCUT2D eigenvalue weighted by molar-refractivity contribution is 0.362. The molecule has 12 heteroatoms. The molecule has 2 nitrogen and oxygen atoms in total. The Morgan fingerprint density at radius 3 is 1.10 bits per heavy atom. The van der Waals surface area contributed by atoms with Crippen LogP contribution in [0.25, 0.3) is 0 Å². The van der Waals surface area contributed by atoms with Crippen molar-refractivity contribution >= 4 is 122 Å². The van der Waals surface area contributed by atoms with Crippen molar-refractivity contribution in [3.63, 3.8) is 0 Å². The Morgan fingerprint density at radius 1 is 0.319 bits per heavy atom. The molecule has 2 aliphatic rings. The molecule has 2 unspecified atom stereocenters. The quantitative estimate of drug-likeness (QED) is 0.0506. The smallest absolute Gasteiger partial charge is 0.120 e. The van der Waals surface area contributed by atoms with Gasteiger partial charge in [0.2, 0.25) is 0 Å². The third-order valence-corrected chi connectivity index (χ3v) is 33.7. The average Bonchev–Trinajstić information content (AvgIpc) is 0.758. The molecule has 1 aliphatic heterocycles. The highest BCUT2D eigenvalue weighted by molar-refractivity contribution is 9.10. The second kappa shape index (κ2) is 44.6. The van der Waals surface area contributed by atoms with Gasteiger partial charge in [0, 0.05) is 94.2 Å². The highest BCUT2D eigenvalue weighted by Gasteiger charge is 2.35. The summed E-state index contributed by atoms with van der Waals surface area (Å²) in [6, 6.07) is 56.2. The van der Waals surface area contributed by atoms with Crippen molar-refractivity contribution in [3.8, 4) is 11.5 Å². The van der Waals surface area contributed by atoms with Crippen LogP contribution in [-0.4, -0.2) is 29.5 Å². The fourth-order valence-corrected chi connectivity index (χ4v) is 26.2. The predicted molar refractivity (Wildman–Crippen MR) is 536 cm³/mol. The third-order valence-electron chi connectivity index (χ3n) is 20.7. The molecule has 1 aliphatic carbocycles. The van der Waals surface area contributed by atoms with Crippen molar-refractivity contribution in [2.75, 3.05) is 19.0 Å². The minimum Gasteiger partial charge on any atom is -0.490 e. The van der Waals surface area contributed by atoms with Gasteiger partial charge < -0.3 is 9.47 Å². The summed E-state index contributed by atoms with van der Waals surface area (Å²) in [6.45, 7) is 69.2. The number of fused-ring (bicyclic) bond motifs is 2. The van der Waals surface area contributed by atoms with Crippen LogP contribution in [0.3, 0.4) is 0 Å². The molecule has 0 amide bonds. The number of hydrogen-bond donors (Lipinski definition) is 0. The number of aryl methyl sites for hydroxylation is 21. The van der Waals surface area contributed by atoms with E-state index >= 15 is 0 Å². The zero-order chi connectivity index (χ0) is 87.0. The Kier molecular flexibility index (Phi) is 36.1. The number of hydrogen-bond acceptors (Lipinski definition) is 11. The highest BCUT2D eigenvalue weighted by atomic mass is 79.9. The molecular formula is C107H121BrO2S9. The number of benzene rings is 11. The Labute approximate surface area is 763 Å². The molecule has 11 aromatic rings. The molecule has 2 atom stereocenters. The number of thioether (sulfide) groups is 3. The maximum Gasteiger partial charge on any atom is 0.120 e. The zero-order valence-corrected chi connectivity index (χ0v) is 83.9. The maximum atomic E-state index is 5.67. The first-order chi connectivity index (χ1) is 56.4. The molecule has 0 bridgehead atoms. The molecule has 0 radical (unpaired) electrons. The first-order valence-electron chi connectivity index (χ1n) is 40.6. The summed E-state index contributed by atoms with van der Waals surface area (Å²) in [5, 5.41) is 1.20. The standard InChI is InChI=1S/C25H27BrS2.C23H24S2.C22H26O2S.C19H22S2.C18H22S2/c1-14-8-19(6)25(20(7)9-14)28-23-13-15(2)22(12-16(23)3)27-21-10-17(4)24(26)18(5)11-21;1-15-6-16(2)9-20(8-15)24-22-12-19(5)13-23(14-22)25-21-10-17(3)7-18(4)11-21;1-7-9-23-19-11-15(3)21(16(4)12-19)25-22-17(5)13-20(14-18(22)6)24-10-8-2;1-6-7-20-17-11-15(4)19(16(5)12-17)21-18-9-13(2)8-14(3)10-18;1-9-7-15-17(13(5)11(9)3)20-16-8-10(2)12(4)14(6)18(16)19-15/h8-13H,1-7H3;6-14H,1-5H3;7-8,11-14H,1-2,9-10H2,3-6H3;6,8-12H,1,7H2,2-5H3;7-8,15,17H,1-6H3. The van der Waals surface area contributed by atoms with E-state index in [1.165, 1.54) is 217 Å². The van der Waals surface area contributed by atoms with E-state index in [0.717, 1.165) is 17.3 Å². The summed E-state index contributed by atoms with van der Waals surface area (Å²) in [5.74, 6) is 2.74. The first-order valence-corrected chi connectivity index (χ1v) is 49.1. The van der Waals surface area contributed by atoms with Gasteiger partial charge >= 0.3 is 0 Å². The van der Waals surface area contributed by atoms with E-state index in [2.05, 4.69) is 397 Å². The van der Waals surface area contributed by atoms with Crippen LogP contribution in [0.4, 0.5) is 0 Å². The minimum absolute atomic E-state index is 0.524. The second-order valence-electron chi connectivity index (χ2n) is 32.1. The summed E-state index contributed by atoms with van der Waals surface area (Å²) >= 11 is 20.8. The topological polar surface area (TPSA) is 18.5 Å². The molecule has 1 heterocycles. The van der Waals surface area contributed by atoms with Crippen LogP contribution < -0.4 is 9.47 Å². The summed E-state index contributed by atoms with van der Waals surface area (Å²) in [7, 11) is 0. The van der Waals surface area contributed by atoms with Gasteiger partial charge in [-0.25, -0.2) is 0 Å². The third kappa shape index (κ3) is 27.2. The lowest BCUT2D eigenvalue weighted by atomic mass is 9.93. The Morgan fingerprint density at radius 2 is 0.672 bits per heavy atom. The average molecular weight is 1810 g/mol. The molecule has 0 spiro atoms. The van der Waals surface area contributed by atoms with Crippen LogP contribution in [0.1, 0.15) is 149 Å². The van der Waals surface area contributed by atoms with Gasteiger partial charge in [-0.1, -0.05) is 171 Å². The Bertz CT molecular complexity index is 5330. The van der Waals surface area contributed by atoms with Crippen molar-refractivity contribution in [1.82, 2.24) is 0 Å². The van der Waals surface area contributed by atoms with E-state index in [1.54, 1.807) is 17.7 Å². The lowest BCUT2D eigenvalue weighted by Gasteiger charge is -2.36. The van der Waals surface area contributed by atoms with Gasteiger partial charge in [0.15, 0.2) is 0 Å². The second-order valence-corrected chi connectivity index (χ2v) is 42.9. The lowest BCUT2D eigenvalue weighted by Crippen LogP contribution is -2.27. The predicted octanol–water partition coefficient (Wildman–Crippen LogP) is 34.8. The summed E-state index contributed by atoms with van der Waals surface area (Å²) in [4.78, 5) is 20.2. The van der Waals surface area contributed by atoms with Gasteiger partial charge in [-0.2, -0.15) is 0 Å². The van der Waals surface area contributed by atoms with Gasteiger partial charge in [-0.15, -0.1) is 41.9 Å². The normalized spacial score (nSPS) is 13.2. The first kappa shape index (κ1) is 96.2. The maximum absolute atomic E-state index is 5.67. The van der Waals surface area contributed by atoms with Crippen molar-refractivity contribution < 1.29 is 9.47 Å². The fourth-order valence-electron chi connectivity index (χ4n) is 14.8. The Hall–Kier alpha value is -6.65. The van der Waals surface area contributed by atoms with E-state index in [4.69, 9.17) is 9.47 Å². The van der Waals surface area contributed by atoms with E-state index in [0.29, 0.717) is 23.7 Å². The SMILES string of the molecule is C=CCOc1cc(C)c(Sc2c(C)cc(OCC=C)cc2C)c(C)c1.C=CCSc1cc(C)c(Sc2cc(C)cc(C)c2)c(C)c1.CC1=CC2Sc3c(cc(C)c(C)c3C)SC2C(C)=C1C.Cc1cc(C)c(Sc2cc(C)c(Sc3cc(C)c(Br)c(C)c3)cc2C)c(C)c1.Cc1cc(C)cc(Sc2cc(C)cc(Sc3cc(C)cc(C)c3)c2)c1. The Balaban J connectivity index is 0.000000170. The van der Waals surface area contributed by atoms with Crippen LogP contribution in [0, 0.1) is 159 Å². The van der Waals surface area contributed by atoms with E-state index < -0.39 is 0 Å².